The predicted molar refractivity (Wildman–Crippen MR) is 158 cm³/mol. The summed E-state index contributed by atoms with van der Waals surface area (Å²) in [5, 5.41) is 4.03. The van der Waals surface area contributed by atoms with Gasteiger partial charge in [-0.15, -0.1) is 0 Å². The van der Waals surface area contributed by atoms with Crippen molar-refractivity contribution in [1.82, 2.24) is 0 Å². The second-order valence-corrected chi connectivity index (χ2v) is 13.3. The molecule has 2 heteroatoms. The summed E-state index contributed by atoms with van der Waals surface area (Å²) in [5.41, 5.74) is 8.93. The van der Waals surface area contributed by atoms with Crippen molar-refractivity contribution in [3.05, 3.63) is 58.7 Å². The number of benzene rings is 2. The van der Waals surface area contributed by atoms with Crippen LogP contribution in [0.5, 0.6) is 0 Å². The van der Waals surface area contributed by atoms with Crippen LogP contribution in [0.1, 0.15) is 142 Å². The lowest BCUT2D eigenvalue weighted by Crippen LogP contribution is -2.42. The minimum absolute atomic E-state index is 0.126. The summed E-state index contributed by atoms with van der Waals surface area (Å²) in [6.07, 6.45) is 0.928. The van der Waals surface area contributed by atoms with Gasteiger partial charge in [0.2, 0.25) is 0 Å². The molecule has 0 aliphatic heterocycles. The van der Waals surface area contributed by atoms with Crippen LogP contribution in [0.25, 0.3) is 0 Å². The Morgan fingerprint density at radius 1 is 0.657 bits per heavy atom. The van der Waals surface area contributed by atoms with E-state index in [0.29, 0.717) is 23.7 Å². The number of hydrogen-bond acceptors (Lipinski definition) is 2. The van der Waals surface area contributed by atoms with Gasteiger partial charge in [0, 0.05) is 11.4 Å². The molecule has 0 aliphatic rings. The van der Waals surface area contributed by atoms with Crippen molar-refractivity contribution in [2.45, 2.75) is 126 Å². The summed E-state index contributed by atoms with van der Waals surface area (Å²) in [6, 6.07) is 13.5. The molecule has 2 rings (SSSR count). The van der Waals surface area contributed by atoms with Gasteiger partial charge < -0.3 is 5.32 Å². The molecule has 0 fully saturated rings. The van der Waals surface area contributed by atoms with Crippen molar-refractivity contribution in [2.75, 3.05) is 5.32 Å². The van der Waals surface area contributed by atoms with Crippen LogP contribution in [-0.4, -0.2) is 11.3 Å². The summed E-state index contributed by atoms with van der Waals surface area (Å²) in [7, 11) is 0. The molecule has 0 aromatic heterocycles. The molecule has 35 heavy (non-hydrogen) atoms. The molecular formula is C33H52N2. The molecule has 0 heterocycles. The Labute approximate surface area is 217 Å². The highest BCUT2D eigenvalue weighted by molar-refractivity contribution is 5.98. The smallest absolute Gasteiger partial charge is 0.0701 e. The van der Waals surface area contributed by atoms with Crippen molar-refractivity contribution >= 4 is 17.1 Å². The van der Waals surface area contributed by atoms with Crippen LogP contribution in [0.3, 0.4) is 0 Å². The lowest BCUT2D eigenvalue weighted by molar-refractivity contribution is 0.425. The average molecular weight is 477 g/mol. The van der Waals surface area contributed by atoms with E-state index in [1.165, 1.54) is 39.3 Å². The molecule has 0 spiro atoms. The number of nitrogens with zero attached hydrogens (tertiary/aromatic N) is 1. The maximum atomic E-state index is 5.56. The molecule has 0 unspecified atom stereocenters. The van der Waals surface area contributed by atoms with Crippen molar-refractivity contribution < 1.29 is 0 Å². The zero-order valence-corrected chi connectivity index (χ0v) is 24.9. The summed E-state index contributed by atoms with van der Waals surface area (Å²) < 4.78 is 0. The highest BCUT2D eigenvalue weighted by atomic mass is 15.0. The van der Waals surface area contributed by atoms with Gasteiger partial charge in [-0.2, -0.15) is 0 Å². The molecule has 2 aromatic rings. The molecule has 194 valence electrons. The topological polar surface area (TPSA) is 24.4 Å². The number of rotatable bonds is 9. The number of para-hydroxylation sites is 2. The van der Waals surface area contributed by atoms with Crippen molar-refractivity contribution in [3.63, 3.8) is 0 Å². The van der Waals surface area contributed by atoms with Crippen molar-refractivity contribution in [3.8, 4) is 0 Å². The third-order valence-corrected chi connectivity index (χ3v) is 6.82. The largest absolute Gasteiger partial charge is 0.374 e. The molecule has 0 atom stereocenters. The van der Waals surface area contributed by atoms with Gasteiger partial charge >= 0.3 is 0 Å². The van der Waals surface area contributed by atoms with Gasteiger partial charge in [-0.25, -0.2) is 0 Å². The minimum Gasteiger partial charge on any atom is -0.374 e. The van der Waals surface area contributed by atoms with E-state index in [-0.39, 0.29) is 11.0 Å². The van der Waals surface area contributed by atoms with E-state index < -0.39 is 0 Å². The van der Waals surface area contributed by atoms with Crippen LogP contribution in [0.4, 0.5) is 11.4 Å². The van der Waals surface area contributed by atoms with E-state index in [1.807, 2.05) is 0 Å². The fraction of sp³-hybridized carbons (Fsp3) is 0.606. The fourth-order valence-electron chi connectivity index (χ4n) is 4.76. The zero-order chi connectivity index (χ0) is 26.7. The normalized spacial score (nSPS) is 13.5. The van der Waals surface area contributed by atoms with Gasteiger partial charge in [0.1, 0.15) is 0 Å². The summed E-state index contributed by atoms with van der Waals surface area (Å²) in [5.74, 6) is 1.75. The highest BCUT2D eigenvalue weighted by Gasteiger charge is 2.31. The first-order valence-electron chi connectivity index (χ1n) is 13.7. The van der Waals surface area contributed by atoms with Crippen LogP contribution in [0.2, 0.25) is 0 Å². The molecule has 0 bridgehead atoms. The first-order valence-corrected chi connectivity index (χ1v) is 13.7. The average Bonchev–Trinajstić information content (AvgIpc) is 2.71. The molecular weight excluding hydrogens is 424 g/mol. The molecule has 0 radical (unpaired) electrons. The minimum atomic E-state index is -0.305. The Morgan fingerprint density at radius 3 is 1.37 bits per heavy atom. The van der Waals surface area contributed by atoms with Crippen LogP contribution in [0, 0.1) is 5.41 Å². The van der Waals surface area contributed by atoms with Gasteiger partial charge in [0.05, 0.1) is 11.2 Å². The summed E-state index contributed by atoms with van der Waals surface area (Å²) >= 11 is 0. The van der Waals surface area contributed by atoms with E-state index >= 15 is 0 Å². The third kappa shape index (κ3) is 7.45. The Kier molecular flexibility index (Phi) is 9.42. The second-order valence-electron chi connectivity index (χ2n) is 13.3. The van der Waals surface area contributed by atoms with E-state index in [4.69, 9.17) is 4.99 Å². The van der Waals surface area contributed by atoms with Crippen molar-refractivity contribution in [1.29, 1.82) is 0 Å². The molecule has 0 amide bonds. The molecule has 2 nitrogen and oxygen atoms in total. The SMILES string of the molecule is CC(C)c1cccc(C(C)C)c1N=C(CC(C)(C)C)C(C)(C)Nc1c(C(C)C)cccc1C(C)C. The first-order chi connectivity index (χ1) is 16.0. The van der Waals surface area contributed by atoms with Gasteiger partial charge in [0.15, 0.2) is 0 Å². The lowest BCUT2D eigenvalue weighted by atomic mass is 9.81. The number of aliphatic imine (C=N–C) groups is 1. The maximum absolute atomic E-state index is 5.56. The van der Waals surface area contributed by atoms with E-state index in [0.717, 1.165) is 6.42 Å². The monoisotopic (exact) mass is 476 g/mol. The number of hydrogen-bond donors (Lipinski definition) is 1. The van der Waals surface area contributed by atoms with Gasteiger partial charge in [-0.1, -0.05) is 113 Å². The van der Waals surface area contributed by atoms with Crippen LogP contribution >= 0.6 is 0 Å². The molecule has 0 aliphatic carbocycles. The Morgan fingerprint density at radius 2 is 1.03 bits per heavy atom. The third-order valence-electron chi connectivity index (χ3n) is 6.82. The van der Waals surface area contributed by atoms with Gasteiger partial charge in [-0.3, -0.25) is 4.99 Å². The first kappa shape index (κ1) is 29.1. The quantitative estimate of drug-likeness (QED) is 0.357. The van der Waals surface area contributed by atoms with Crippen LogP contribution in [-0.2, 0) is 0 Å². The molecule has 2 aromatic carbocycles. The zero-order valence-electron chi connectivity index (χ0n) is 24.9. The second kappa shape index (κ2) is 11.3. The Balaban J connectivity index is 2.77. The predicted octanol–water partition coefficient (Wildman–Crippen LogP) is 10.6. The van der Waals surface area contributed by atoms with Crippen LogP contribution < -0.4 is 5.32 Å². The standard InChI is InChI=1S/C33H52N2/c1-21(2)25-16-14-17-26(22(3)4)30(25)34-29(20-32(9,10)11)33(12,13)35-31-27(23(5)6)18-15-19-28(31)24(7)8/h14-19,21-24,35H,20H2,1-13H3. The van der Waals surface area contributed by atoms with Gasteiger partial charge in [-0.05, 0) is 71.6 Å². The summed E-state index contributed by atoms with van der Waals surface area (Å²) in [6.45, 7) is 29.8. The van der Waals surface area contributed by atoms with E-state index in [2.05, 4.69) is 132 Å². The molecule has 0 saturated carbocycles. The highest BCUT2D eigenvalue weighted by Crippen LogP contribution is 2.39. The number of anilines is 1. The van der Waals surface area contributed by atoms with Crippen molar-refractivity contribution in [2.24, 2.45) is 10.4 Å². The van der Waals surface area contributed by atoms with E-state index in [9.17, 15) is 0 Å². The Hall–Kier alpha value is -2.09. The lowest BCUT2D eigenvalue weighted by Gasteiger charge is -2.36. The van der Waals surface area contributed by atoms with E-state index in [1.54, 1.807) is 0 Å². The van der Waals surface area contributed by atoms with Gasteiger partial charge in [0.25, 0.3) is 0 Å². The maximum Gasteiger partial charge on any atom is 0.0701 e. The summed E-state index contributed by atoms with van der Waals surface area (Å²) in [4.78, 5) is 5.56. The number of nitrogens with one attached hydrogen (secondary N) is 1. The molecule has 1 N–H and O–H groups in total. The fourth-order valence-corrected chi connectivity index (χ4v) is 4.76. The Bertz CT molecular complexity index is 961. The molecule has 0 saturated heterocycles. The van der Waals surface area contributed by atoms with Crippen LogP contribution in [0.15, 0.2) is 41.4 Å².